The average molecular weight is 271 g/mol. The minimum Gasteiger partial charge on any atom is -0.481 e. The summed E-state index contributed by atoms with van der Waals surface area (Å²) in [5, 5.41) is 9.02. The zero-order valence-corrected chi connectivity index (χ0v) is 11.5. The Morgan fingerprint density at radius 2 is 1.94 bits per heavy atom. The molecule has 4 nitrogen and oxygen atoms in total. The maximum absolute atomic E-state index is 12.2. The monoisotopic (exact) mass is 271 g/mol. The van der Waals surface area contributed by atoms with Crippen molar-refractivity contribution in [2.24, 2.45) is 11.8 Å². The first-order valence-electron chi connectivity index (χ1n) is 6.75. The van der Waals surface area contributed by atoms with Crippen molar-refractivity contribution in [2.45, 2.75) is 32.1 Å². The Balaban J connectivity index is 1.82. The first kappa shape index (κ1) is 13.7. The lowest BCUT2D eigenvalue weighted by atomic mass is 9.95. The SMILES string of the molecule is O=C(O)[C@@H]1CCCN(C(=O)CC2CCSCC2)C1. The molecular weight excluding hydrogens is 250 g/mol. The molecule has 0 radical (unpaired) electrons. The van der Waals surface area contributed by atoms with E-state index < -0.39 is 5.97 Å². The van der Waals surface area contributed by atoms with E-state index >= 15 is 0 Å². The van der Waals surface area contributed by atoms with E-state index in [0.717, 1.165) is 37.3 Å². The van der Waals surface area contributed by atoms with Crippen molar-refractivity contribution in [3.63, 3.8) is 0 Å². The third kappa shape index (κ3) is 3.64. The molecule has 18 heavy (non-hydrogen) atoms. The Labute approximate surface area is 112 Å². The third-order valence-electron chi connectivity index (χ3n) is 3.93. The van der Waals surface area contributed by atoms with Crippen LogP contribution in [0.5, 0.6) is 0 Å². The fraction of sp³-hybridized carbons (Fsp3) is 0.846. The lowest BCUT2D eigenvalue weighted by Crippen LogP contribution is -2.43. The summed E-state index contributed by atoms with van der Waals surface area (Å²) in [6.45, 7) is 1.15. The number of carbonyl (C=O) groups is 2. The van der Waals surface area contributed by atoms with Gasteiger partial charge in [-0.2, -0.15) is 11.8 Å². The molecule has 1 amide bonds. The van der Waals surface area contributed by atoms with Gasteiger partial charge >= 0.3 is 5.97 Å². The number of hydrogen-bond acceptors (Lipinski definition) is 3. The maximum Gasteiger partial charge on any atom is 0.308 e. The highest BCUT2D eigenvalue weighted by molar-refractivity contribution is 7.99. The Morgan fingerprint density at radius 3 is 2.61 bits per heavy atom. The van der Waals surface area contributed by atoms with Gasteiger partial charge in [0.05, 0.1) is 5.92 Å². The number of carboxylic acid groups (broad SMARTS) is 1. The number of carbonyl (C=O) groups excluding carboxylic acids is 1. The molecule has 0 aliphatic carbocycles. The lowest BCUT2D eigenvalue weighted by Gasteiger charge is -2.32. The highest BCUT2D eigenvalue weighted by atomic mass is 32.2. The number of piperidine rings is 1. The Hall–Kier alpha value is -0.710. The molecule has 0 aromatic heterocycles. The molecule has 1 N–H and O–H groups in total. The van der Waals surface area contributed by atoms with Gasteiger partial charge in [0.2, 0.25) is 5.91 Å². The second-order valence-corrected chi connectivity index (χ2v) is 6.50. The first-order valence-corrected chi connectivity index (χ1v) is 7.90. The van der Waals surface area contributed by atoms with Crippen LogP contribution < -0.4 is 0 Å². The normalized spacial score (nSPS) is 26.0. The van der Waals surface area contributed by atoms with Gasteiger partial charge in [-0.05, 0) is 43.1 Å². The van der Waals surface area contributed by atoms with E-state index in [4.69, 9.17) is 5.11 Å². The minimum absolute atomic E-state index is 0.165. The molecule has 2 heterocycles. The lowest BCUT2D eigenvalue weighted by molar-refractivity contribution is -0.145. The maximum atomic E-state index is 12.2. The third-order valence-corrected chi connectivity index (χ3v) is 4.98. The van der Waals surface area contributed by atoms with E-state index in [-0.39, 0.29) is 11.8 Å². The zero-order chi connectivity index (χ0) is 13.0. The van der Waals surface area contributed by atoms with E-state index in [0.29, 0.717) is 25.3 Å². The minimum atomic E-state index is -0.762. The van der Waals surface area contributed by atoms with Gasteiger partial charge in [0.1, 0.15) is 0 Å². The Morgan fingerprint density at radius 1 is 1.22 bits per heavy atom. The second-order valence-electron chi connectivity index (χ2n) is 5.28. The molecule has 1 atom stereocenters. The van der Waals surface area contributed by atoms with Crippen LogP contribution in [0.25, 0.3) is 0 Å². The topological polar surface area (TPSA) is 57.6 Å². The smallest absolute Gasteiger partial charge is 0.308 e. The Bertz CT molecular complexity index is 315. The van der Waals surface area contributed by atoms with E-state index in [2.05, 4.69) is 0 Å². The van der Waals surface area contributed by atoms with Crippen LogP contribution in [-0.4, -0.2) is 46.5 Å². The van der Waals surface area contributed by atoms with Gasteiger partial charge < -0.3 is 10.0 Å². The first-order chi connectivity index (χ1) is 8.66. The quantitative estimate of drug-likeness (QED) is 0.851. The molecule has 0 saturated carbocycles. The molecule has 2 aliphatic rings. The highest BCUT2D eigenvalue weighted by Crippen LogP contribution is 2.27. The molecule has 2 rings (SSSR count). The fourth-order valence-electron chi connectivity index (χ4n) is 2.73. The predicted octanol–water partition coefficient (Wildman–Crippen LogP) is 1.84. The molecule has 2 saturated heterocycles. The number of aliphatic carboxylic acids is 1. The van der Waals surface area contributed by atoms with Crippen LogP contribution >= 0.6 is 11.8 Å². The number of thioether (sulfide) groups is 1. The van der Waals surface area contributed by atoms with E-state index in [1.807, 2.05) is 11.8 Å². The summed E-state index contributed by atoms with van der Waals surface area (Å²) in [6, 6.07) is 0. The van der Waals surface area contributed by atoms with Crippen LogP contribution in [0.15, 0.2) is 0 Å². The van der Waals surface area contributed by atoms with E-state index in [9.17, 15) is 9.59 Å². The summed E-state index contributed by atoms with van der Waals surface area (Å²) in [5.74, 6) is 1.89. The van der Waals surface area contributed by atoms with Crippen molar-refractivity contribution in [1.29, 1.82) is 0 Å². The van der Waals surface area contributed by atoms with Crippen LogP contribution in [0.3, 0.4) is 0 Å². The van der Waals surface area contributed by atoms with Crippen molar-refractivity contribution in [3.8, 4) is 0 Å². The molecule has 102 valence electrons. The van der Waals surface area contributed by atoms with E-state index in [1.54, 1.807) is 4.90 Å². The van der Waals surface area contributed by atoms with Crippen LogP contribution in [-0.2, 0) is 9.59 Å². The van der Waals surface area contributed by atoms with Crippen molar-refractivity contribution >= 4 is 23.6 Å². The summed E-state index contributed by atoms with van der Waals surface area (Å²) in [5.41, 5.74) is 0. The number of likely N-dealkylation sites (tertiary alicyclic amines) is 1. The highest BCUT2D eigenvalue weighted by Gasteiger charge is 2.29. The standard InChI is InChI=1S/C13H21NO3S/c15-12(8-10-3-6-18-7-4-10)14-5-1-2-11(9-14)13(16)17/h10-11H,1-9H2,(H,16,17)/t11-/m1/s1. The van der Waals surface area contributed by atoms with Gasteiger partial charge in [-0.1, -0.05) is 0 Å². The van der Waals surface area contributed by atoms with Crippen LogP contribution in [0.2, 0.25) is 0 Å². The fourth-order valence-corrected chi connectivity index (χ4v) is 3.94. The average Bonchev–Trinajstić information content (AvgIpc) is 2.40. The number of hydrogen-bond donors (Lipinski definition) is 1. The van der Waals surface area contributed by atoms with Gasteiger partial charge in [0.25, 0.3) is 0 Å². The van der Waals surface area contributed by atoms with E-state index in [1.165, 1.54) is 0 Å². The second kappa shape index (κ2) is 6.45. The zero-order valence-electron chi connectivity index (χ0n) is 10.6. The van der Waals surface area contributed by atoms with Gasteiger partial charge in [0.15, 0.2) is 0 Å². The molecule has 0 aromatic carbocycles. The molecule has 0 bridgehead atoms. The largest absolute Gasteiger partial charge is 0.481 e. The molecule has 5 heteroatoms. The summed E-state index contributed by atoms with van der Waals surface area (Å²) in [6.07, 6.45) is 4.41. The van der Waals surface area contributed by atoms with Gasteiger partial charge in [-0.3, -0.25) is 9.59 Å². The Kier molecular flexibility index (Phi) is 4.92. The molecule has 0 unspecified atom stereocenters. The van der Waals surface area contributed by atoms with Crippen LogP contribution in [0.1, 0.15) is 32.1 Å². The molecular formula is C13H21NO3S. The number of carboxylic acids is 1. The van der Waals surface area contributed by atoms with Crippen molar-refractivity contribution in [3.05, 3.63) is 0 Å². The summed E-state index contributed by atoms with van der Waals surface area (Å²) in [7, 11) is 0. The molecule has 2 fully saturated rings. The summed E-state index contributed by atoms with van der Waals surface area (Å²) >= 11 is 1.96. The van der Waals surface area contributed by atoms with Gasteiger partial charge in [-0.25, -0.2) is 0 Å². The van der Waals surface area contributed by atoms with Gasteiger partial charge in [-0.15, -0.1) is 0 Å². The number of amides is 1. The van der Waals surface area contributed by atoms with Crippen molar-refractivity contribution in [2.75, 3.05) is 24.6 Å². The van der Waals surface area contributed by atoms with Crippen LogP contribution in [0.4, 0.5) is 0 Å². The van der Waals surface area contributed by atoms with Crippen molar-refractivity contribution < 1.29 is 14.7 Å². The molecule has 0 spiro atoms. The van der Waals surface area contributed by atoms with Crippen LogP contribution in [0, 0.1) is 11.8 Å². The van der Waals surface area contributed by atoms with Gasteiger partial charge in [0, 0.05) is 19.5 Å². The summed E-state index contributed by atoms with van der Waals surface area (Å²) in [4.78, 5) is 24.9. The number of rotatable bonds is 3. The molecule has 0 aromatic rings. The number of nitrogens with zero attached hydrogens (tertiary/aromatic N) is 1. The summed E-state index contributed by atoms with van der Waals surface area (Å²) < 4.78 is 0. The predicted molar refractivity (Wildman–Crippen MR) is 71.6 cm³/mol. The van der Waals surface area contributed by atoms with Crippen molar-refractivity contribution in [1.82, 2.24) is 4.90 Å². The molecule has 2 aliphatic heterocycles.